The van der Waals surface area contributed by atoms with Gasteiger partial charge in [-0.1, -0.05) is 12.1 Å². The summed E-state index contributed by atoms with van der Waals surface area (Å²) in [5.74, 6) is -1.01. The molecule has 0 bridgehead atoms. The van der Waals surface area contributed by atoms with Crippen molar-refractivity contribution in [2.45, 2.75) is 12.6 Å². The van der Waals surface area contributed by atoms with Gasteiger partial charge in [0.15, 0.2) is 0 Å². The Balaban J connectivity index is 2.13. The lowest BCUT2D eigenvalue weighted by molar-refractivity contribution is -0.127. The largest absolute Gasteiger partial charge is 0.478 e. The Morgan fingerprint density at radius 2 is 2.13 bits per heavy atom. The summed E-state index contributed by atoms with van der Waals surface area (Å²) < 4.78 is 0. The van der Waals surface area contributed by atoms with Crippen molar-refractivity contribution >= 4 is 17.6 Å². The lowest BCUT2D eigenvalue weighted by atomic mass is 10.1. The molecule has 0 unspecified atom stereocenters. The molecule has 1 amide bonds. The van der Waals surface area contributed by atoms with Crippen molar-refractivity contribution in [3.63, 3.8) is 0 Å². The van der Waals surface area contributed by atoms with Gasteiger partial charge in [-0.2, -0.15) is 0 Å². The van der Waals surface area contributed by atoms with E-state index < -0.39 is 5.97 Å². The van der Waals surface area contributed by atoms with E-state index in [2.05, 4.69) is 10.6 Å². The fraction of sp³-hybridized carbons (Fsp3) is 0.200. The predicted molar refractivity (Wildman–Crippen MR) is 53.6 cm³/mol. The number of carbonyl (C=O) groups excluding carboxylic acids is 1. The molecule has 5 nitrogen and oxygen atoms in total. The number of aromatic carboxylic acids is 1. The smallest absolute Gasteiger partial charge is 0.337 e. The number of nitrogens with one attached hydrogen (secondary N) is 2. The van der Waals surface area contributed by atoms with Gasteiger partial charge in [0, 0.05) is 0 Å². The summed E-state index contributed by atoms with van der Waals surface area (Å²) in [4.78, 5) is 21.5. The van der Waals surface area contributed by atoms with E-state index in [-0.39, 0.29) is 17.6 Å². The van der Waals surface area contributed by atoms with Crippen LogP contribution in [0, 0.1) is 0 Å². The molecule has 1 heterocycles. The SMILES string of the molecule is O=C1C[C@@H](Nc2ccccc2C(=O)O)N1. The quantitative estimate of drug-likeness (QED) is 0.634. The number of carboxylic acid groups (broad SMARTS) is 1. The number of benzene rings is 1. The number of amides is 1. The van der Waals surface area contributed by atoms with Crippen LogP contribution < -0.4 is 10.6 Å². The fourth-order valence-electron chi connectivity index (χ4n) is 1.43. The molecule has 0 radical (unpaired) electrons. The zero-order chi connectivity index (χ0) is 10.8. The average Bonchev–Trinajstić information content (AvgIpc) is 2.16. The van der Waals surface area contributed by atoms with Crippen LogP contribution in [0.15, 0.2) is 24.3 Å². The van der Waals surface area contributed by atoms with Crippen LogP contribution in [0.1, 0.15) is 16.8 Å². The molecule has 1 saturated heterocycles. The van der Waals surface area contributed by atoms with Crippen LogP contribution in [0.2, 0.25) is 0 Å². The van der Waals surface area contributed by atoms with Gasteiger partial charge in [-0.15, -0.1) is 0 Å². The van der Waals surface area contributed by atoms with E-state index in [0.717, 1.165) is 0 Å². The van der Waals surface area contributed by atoms with Crippen LogP contribution >= 0.6 is 0 Å². The van der Waals surface area contributed by atoms with Gasteiger partial charge in [-0.3, -0.25) is 4.79 Å². The van der Waals surface area contributed by atoms with E-state index in [1.54, 1.807) is 18.2 Å². The normalized spacial score (nSPS) is 18.9. The Kier molecular flexibility index (Phi) is 2.29. The molecule has 0 saturated carbocycles. The maximum atomic E-state index is 10.8. The fourth-order valence-corrected chi connectivity index (χ4v) is 1.43. The van der Waals surface area contributed by atoms with Gasteiger partial charge < -0.3 is 15.7 Å². The summed E-state index contributed by atoms with van der Waals surface area (Å²) in [5, 5.41) is 14.5. The highest BCUT2D eigenvalue weighted by molar-refractivity contribution is 5.94. The molecule has 5 heteroatoms. The molecule has 78 valence electrons. The highest BCUT2D eigenvalue weighted by Crippen LogP contribution is 2.17. The maximum absolute atomic E-state index is 10.8. The Hall–Kier alpha value is -2.04. The first-order valence-corrected chi connectivity index (χ1v) is 4.55. The Morgan fingerprint density at radius 3 is 2.73 bits per heavy atom. The second-order valence-electron chi connectivity index (χ2n) is 3.32. The third-order valence-electron chi connectivity index (χ3n) is 2.21. The monoisotopic (exact) mass is 206 g/mol. The number of rotatable bonds is 3. The number of anilines is 1. The molecule has 0 spiro atoms. The van der Waals surface area contributed by atoms with E-state index >= 15 is 0 Å². The molecule has 0 aromatic heterocycles. The summed E-state index contributed by atoms with van der Waals surface area (Å²) in [6.45, 7) is 0. The number of hydrogen-bond donors (Lipinski definition) is 3. The molecule has 1 aliphatic heterocycles. The summed E-state index contributed by atoms with van der Waals surface area (Å²) in [5.41, 5.74) is 0.730. The average molecular weight is 206 g/mol. The minimum absolute atomic E-state index is 0.0275. The lowest BCUT2D eigenvalue weighted by Crippen LogP contribution is -2.53. The van der Waals surface area contributed by atoms with Gasteiger partial charge in [-0.05, 0) is 12.1 Å². The van der Waals surface area contributed by atoms with E-state index in [1.165, 1.54) is 6.07 Å². The molecule has 1 aliphatic rings. The Labute approximate surface area is 86.1 Å². The molecule has 2 rings (SSSR count). The molecular formula is C10H10N2O3. The molecule has 1 aromatic carbocycles. The Morgan fingerprint density at radius 1 is 1.47 bits per heavy atom. The highest BCUT2D eigenvalue weighted by atomic mass is 16.4. The van der Waals surface area contributed by atoms with Crippen LogP contribution in [0.3, 0.4) is 0 Å². The molecule has 1 fully saturated rings. The first-order valence-electron chi connectivity index (χ1n) is 4.55. The van der Waals surface area contributed by atoms with Crippen molar-refractivity contribution in [2.75, 3.05) is 5.32 Å². The molecular weight excluding hydrogens is 196 g/mol. The number of para-hydroxylation sites is 1. The van der Waals surface area contributed by atoms with Crippen molar-refractivity contribution < 1.29 is 14.7 Å². The second kappa shape index (κ2) is 3.61. The zero-order valence-electron chi connectivity index (χ0n) is 7.86. The van der Waals surface area contributed by atoms with Crippen LogP contribution in [-0.2, 0) is 4.79 Å². The van der Waals surface area contributed by atoms with Crippen molar-refractivity contribution in [1.82, 2.24) is 5.32 Å². The second-order valence-corrected chi connectivity index (χ2v) is 3.32. The van der Waals surface area contributed by atoms with Crippen LogP contribution in [0.25, 0.3) is 0 Å². The third kappa shape index (κ3) is 1.90. The van der Waals surface area contributed by atoms with Crippen molar-refractivity contribution in [1.29, 1.82) is 0 Å². The summed E-state index contributed by atoms with van der Waals surface area (Å²) in [6, 6.07) is 6.60. The molecule has 15 heavy (non-hydrogen) atoms. The first kappa shape index (κ1) is 9.51. The van der Waals surface area contributed by atoms with Crippen LogP contribution in [0.5, 0.6) is 0 Å². The van der Waals surface area contributed by atoms with E-state index in [4.69, 9.17) is 5.11 Å². The summed E-state index contributed by atoms with van der Waals surface area (Å²) in [6.07, 6.45) is 0.228. The van der Waals surface area contributed by atoms with Gasteiger partial charge >= 0.3 is 5.97 Å². The minimum atomic E-state index is -0.983. The molecule has 0 aliphatic carbocycles. The number of carboxylic acids is 1. The highest BCUT2D eigenvalue weighted by Gasteiger charge is 2.25. The first-order chi connectivity index (χ1) is 7.16. The van der Waals surface area contributed by atoms with E-state index in [0.29, 0.717) is 12.1 Å². The van der Waals surface area contributed by atoms with Crippen molar-refractivity contribution in [3.05, 3.63) is 29.8 Å². The predicted octanol–water partition coefficient (Wildman–Crippen LogP) is 0.643. The van der Waals surface area contributed by atoms with Gasteiger partial charge in [0.2, 0.25) is 5.91 Å². The standard InChI is InChI=1S/C10H10N2O3/c13-9-5-8(12-9)11-7-4-2-1-3-6(7)10(14)15/h1-4,8,11H,5H2,(H,12,13)(H,14,15)/t8-/m0/s1. The molecule has 1 atom stereocenters. The van der Waals surface area contributed by atoms with Crippen molar-refractivity contribution in [2.24, 2.45) is 0 Å². The number of hydrogen-bond acceptors (Lipinski definition) is 3. The lowest BCUT2D eigenvalue weighted by Gasteiger charge is -2.29. The van der Waals surface area contributed by atoms with Crippen molar-refractivity contribution in [3.8, 4) is 0 Å². The summed E-state index contributed by atoms with van der Waals surface area (Å²) in [7, 11) is 0. The zero-order valence-corrected chi connectivity index (χ0v) is 7.86. The number of carbonyl (C=O) groups is 2. The minimum Gasteiger partial charge on any atom is -0.478 e. The topological polar surface area (TPSA) is 78.4 Å². The molecule has 1 aromatic rings. The van der Waals surface area contributed by atoms with Crippen LogP contribution in [-0.4, -0.2) is 23.1 Å². The van der Waals surface area contributed by atoms with Gasteiger partial charge in [0.05, 0.1) is 17.7 Å². The summed E-state index contributed by atoms with van der Waals surface area (Å²) >= 11 is 0. The molecule has 3 N–H and O–H groups in total. The van der Waals surface area contributed by atoms with Gasteiger partial charge in [0.25, 0.3) is 0 Å². The number of β-lactam (4-membered cyclic amide) rings is 1. The maximum Gasteiger partial charge on any atom is 0.337 e. The van der Waals surface area contributed by atoms with Gasteiger partial charge in [-0.25, -0.2) is 4.79 Å². The van der Waals surface area contributed by atoms with E-state index in [1.807, 2.05) is 0 Å². The van der Waals surface area contributed by atoms with Gasteiger partial charge in [0.1, 0.15) is 6.17 Å². The Bertz CT molecular complexity index is 409. The van der Waals surface area contributed by atoms with E-state index in [9.17, 15) is 9.59 Å². The third-order valence-corrected chi connectivity index (χ3v) is 2.21. The van der Waals surface area contributed by atoms with Crippen LogP contribution in [0.4, 0.5) is 5.69 Å².